The summed E-state index contributed by atoms with van der Waals surface area (Å²) in [6.45, 7) is 0.689. The Hall–Kier alpha value is -1.86. The number of benzene rings is 1. The van der Waals surface area contributed by atoms with E-state index in [0.717, 1.165) is 40.8 Å². The van der Waals surface area contributed by atoms with Crippen LogP contribution in [0.15, 0.2) is 12.1 Å². The monoisotopic (exact) mass is 317 g/mol. The lowest BCUT2D eigenvalue weighted by Gasteiger charge is -2.22. The normalized spacial score (nSPS) is 29.6. The molecule has 2 fully saturated rings. The van der Waals surface area contributed by atoms with Crippen LogP contribution in [-0.2, 0) is 6.42 Å². The minimum atomic E-state index is -0.481. The largest absolute Gasteiger partial charge is 0.493 e. The molecule has 3 heterocycles. The number of carbonyl (C=O) groups excluding carboxylic acids is 1. The minimum absolute atomic E-state index is 0.0311. The van der Waals surface area contributed by atoms with Gasteiger partial charge in [-0.1, -0.05) is 11.3 Å². The second kappa shape index (κ2) is 4.33. The Morgan fingerprint density at radius 3 is 3.23 bits per heavy atom. The molecule has 0 unspecified atom stereocenters. The van der Waals surface area contributed by atoms with Crippen molar-refractivity contribution in [2.45, 2.75) is 37.5 Å². The van der Waals surface area contributed by atoms with E-state index >= 15 is 0 Å². The maximum Gasteiger partial charge on any atom is 0.324 e. The summed E-state index contributed by atoms with van der Waals surface area (Å²) in [6, 6.07) is 3.66. The number of carbonyl (C=O) groups is 1. The molecule has 0 radical (unpaired) electrons. The molecule has 6 nitrogen and oxygen atoms in total. The van der Waals surface area contributed by atoms with Crippen LogP contribution in [0, 0.1) is 0 Å². The van der Waals surface area contributed by atoms with Gasteiger partial charge >= 0.3 is 6.03 Å². The number of ether oxygens (including phenoxy) is 1. The highest BCUT2D eigenvalue weighted by Gasteiger charge is 2.49. The number of urea groups is 1. The van der Waals surface area contributed by atoms with Gasteiger partial charge in [0, 0.05) is 12.0 Å². The fourth-order valence-electron chi connectivity index (χ4n) is 3.81. The van der Waals surface area contributed by atoms with Gasteiger partial charge in [-0.15, -0.1) is 0 Å². The van der Waals surface area contributed by atoms with Crippen LogP contribution in [0.4, 0.5) is 9.93 Å². The molecule has 0 bridgehead atoms. The van der Waals surface area contributed by atoms with E-state index in [1.54, 1.807) is 4.90 Å². The van der Waals surface area contributed by atoms with Crippen LogP contribution in [0.2, 0.25) is 0 Å². The Balaban J connectivity index is 1.63. The number of anilines is 1. The lowest BCUT2D eigenvalue weighted by Crippen LogP contribution is -2.41. The standard InChI is InChI=1S/C15H15N3O3S/c19-9-2-1-8-13(9)18(14(20)16-8)15-17-12-7-5-6-21-10(7)3-4-11(12)22-15/h3-4,8-9,13,19H,1-2,5-6H2,(H,16,20)/t8-,9-,13-/m1/s1. The van der Waals surface area contributed by atoms with E-state index in [9.17, 15) is 9.90 Å². The van der Waals surface area contributed by atoms with E-state index in [2.05, 4.69) is 5.32 Å². The smallest absolute Gasteiger partial charge is 0.324 e. The van der Waals surface area contributed by atoms with Gasteiger partial charge in [0.05, 0.1) is 35.0 Å². The highest BCUT2D eigenvalue weighted by atomic mass is 32.1. The van der Waals surface area contributed by atoms with Gasteiger partial charge in [-0.2, -0.15) is 0 Å². The Bertz CT molecular complexity index is 790. The number of aromatic nitrogens is 1. The fourth-order valence-corrected chi connectivity index (χ4v) is 4.85. The molecule has 1 aromatic heterocycles. The number of fused-ring (bicyclic) bond motifs is 4. The Morgan fingerprint density at radius 1 is 1.41 bits per heavy atom. The summed E-state index contributed by atoms with van der Waals surface area (Å²) in [7, 11) is 0. The van der Waals surface area contributed by atoms with E-state index in [1.165, 1.54) is 11.3 Å². The van der Waals surface area contributed by atoms with Crippen molar-refractivity contribution in [1.82, 2.24) is 10.3 Å². The molecule has 2 aliphatic heterocycles. The molecule has 1 aliphatic carbocycles. The molecule has 1 saturated carbocycles. The lowest BCUT2D eigenvalue weighted by molar-refractivity contribution is 0.164. The third-order valence-corrected chi connectivity index (χ3v) is 5.85. The van der Waals surface area contributed by atoms with Crippen LogP contribution in [-0.4, -0.2) is 40.9 Å². The molecule has 2 N–H and O–H groups in total. The third-order valence-electron chi connectivity index (χ3n) is 4.83. The summed E-state index contributed by atoms with van der Waals surface area (Å²) < 4.78 is 6.64. The van der Waals surface area contributed by atoms with Gasteiger partial charge < -0.3 is 15.2 Å². The maximum absolute atomic E-state index is 12.3. The molecule has 114 valence electrons. The third kappa shape index (κ3) is 1.58. The first-order chi connectivity index (χ1) is 10.7. The number of aliphatic hydroxyl groups is 1. The van der Waals surface area contributed by atoms with Crippen molar-refractivity contribution in [2.75, 3.05) is 11.5 Å². The van der Waals surface area contributed by atoms with Crippen LogP contribution < -0.4 is 15.0 Å². The minimum Gasteiger partial charge on any atom is -0.493 e. The average Bonchev–Trinajstić information content (AvgIpc) is 3.22. The summed E-state index contributed by atoms with van der Waals surface area (Å²) >= 11 is 1.50. The zero-order valence-corrected chi connectivity index (χ0v) is 12.6. The molecule has 0 spiro atoms. The molecule has 2 aromatic rings. The highest BCUT2D eigenvalue weighted by molar-refractivity contribution is 7.22. The van der Waals surface area contributed by atoms with E-state index in [-0.39, 0.29) is 18.1 Å². The molecule has 7 heteroatoms. The fraction of sp³-hybridized carbons (Fsp3) is 0.467. The van der Waals surface area contributed by atoms with Crippen LogP contribution >= 0.6 is 11.3 Å². The second-order valence-electron chi connectivity index (χ2n) is 6.05. The molecule has 1 saturated heterocycles. The Morgan fingerprint density at radius 2 is 2.32 bits per heavy atom. The number of amides is 2. The molecule has 3 atom stereocenters. The van der Waals surface area contributed by atoms with Gasteiger partial charge in [-0.3, -0.25) is 4.90 Å². The van der Waals surface area contributed by atoms with Crippen LogP contribution in [0.3, 0.4) is 0 Å². The number of aliphatic hydroxyl groups excluding tert-OH is 1. The van der Waals surface area contributed by atoms with Gasteiger partial charge in [0.2, 0.25) is 0 Å². The van der Waals surface area contributed by atoms with E-state index < -0.39 is 6.10 Å². The van der Waals surface area contributed by atoms with Crippen molar-refractivity contribution in [1.29, 1.82) is 0 Å². The van der Waals surface area contributed by atoms with Gasteiger partial charge in [0.15, 0.2) is 5.13 Å². The van der Waals surface area contributed by atoms with Crippen molar-refractivity contribution in [3.63, 3.8) is 0 Å². The molecule has 3 aliphatic rings. The van der Waals surface area contributed by atoms with Gasteiger partial charge in [0.1, 0.15) is 5.75 Å². The van der Waals surface area contributed by atoms with Crippen molar-refractivity contribution >= 4 is 32.7 Å². The van der Waals surface area contributed by atoms with Gasteiger partial charge in [-0.05, 0) is 25.0 Å². The van der Waals surface area contributed by atoms with E-state index in [4.69, 9.17) is 9.72 Å². The second-order valence-corrected chi connectivity index (χ2v) is 7.05. The predicted octanol–water partition coefficient (Wildman–Crippen LogP) is 1.65. The van der Waals surface area contributed by atoms with Crippen molar-refractivity contribution in [2.24, 2.45) is 0 Å². The zero-order valence-electron chi connectivity index (χ0n) is 11.8. The summed E-state index contributed by atoms with van der Waals surface area (Å²) in [5, 5.41) is 13.8. The molecule has 5 rings (SSSR count). The number of thiazole rings is 1. The lowest BCUT2D eigenvalue weighted by atomic mass is 10.1. The number of nitrogens with zero attached hydrogens (tertiary/aromatic N) is 2. The topological polar surface area (TPSA) is 74.7 Å². The van der Waals surface area contributed by atoms with Crippen LogP contribution in [0.1, 0.15) is 18.4 Å². The Kier molecular flexibility index (Phi) is 2.49. The van der Waals surface area contributed by atoms with Gasteiger partial charge in [0.25, 0.3) is 0 Å². The molecule has 1 aromatic carbocycles. The summed E-state index contributed by atoms with van der Waals surface area (Å²) in [6.07, 6.45) is 1.92. The van der Waals surface area contributed by atoms with Crippen molar-refractivity contribution < 1.29 is 14.6 Å². The number of hydrogen-bond acceptors (Lipinski definition) is 5. The first-order valence-electron chi connectivity index (χ1n) is 7.55. The average molecular weight is 317 g/mol. The predicted molar refractivity (Wildman–Crippen MR) is 82.6 cm³/mol. The molecule has 2 amide bonds. The van der Waals surface area contributed by atoms with E-state index in [0.29, 0.717) is 11.7 Å². The first kappa shape index (κ1) is 12.7. The number of nitrogens with one attached hydrogen (secondary N) is 1. The molecular formula is C15H15N3O3S. The summed E-state index contributed by atoms with van der Waals surface area (Å²) in [4.78, 5) is 18.6. The molecule has 22 heavy (non-hydrogen) atoms. The number of hydrogen-bond donors (Lipinski definition) is 2. The summed E-state index contributed by atoms with van der Waals surface area (Å²) in [5.74, 6) is 0.897. The van der Waals surface area contributed by atoms with E-state index in [1.807, 2.05) is 12.1 Å². The highest BCUT2D eigenvalue weighted by Crippen LogP contribution is 2.40. The SMILES string of the molecule is O=C1N[C@@H]2CC[C@@H](O)[C@@H]2N1c1nc2c3c(ccc2s1)OCC3. The summed E-state index contributed by atoms with van der Waals surface area (Å²) in [5.41, 5.74) is 2.06. The maximum atomic E-state index is 12.3. The Labute approximate surface area is 130 Å². The zero-order chi connectivity index (χ0) is 14.8. The van der Waals surface area contributed by atoms with Crippen LogP contribution in [0.5, 0.6) is 5.75 Å². The quantitative estimate of drug-likeness (QED) is 0.839. The molecular weight excluding hydrogens is 302 g/mol. The first-order valence-corrected chi connectivity index (χ1v) is 8.37. The van der Waals surface area contributed by atoms with Crippen molar-refractivity contribution in [3.05, 3.63) is 17.7 Å². The number of rotatable bonds is 1. The van der Waals surface area contributed by atoms with Gasteiger partial charge in [-0.25, -0.2) is 9.78 Å². The van der Waals surface area contributed by atoms with Crippen LogP contribution in [0.25, 0.3) is 10.2 Å². The van der Waals surface area contributed by atoms with Crippen molar-refractivity contribution in [3.8, 4) is 5.75 Å².